The molecule has 0 N–H and O–H groups in total. The largest absolute Gasteiger partial charge is 0.144 e. The highest BCUT2D eigenvalue weighted by Gasteiger charge is 2.22. The van der Waals surface area contributed by atoms with Crippen molar-refractivity contribution in [3.8, 4) is 0 Å². The van der Waals surface area contributed by atoms with E-state index >= 15 is 0 Å². The van der Waals surface area contributed by atoms with Gasteiger partial charge in [-0.15, -0.1) is 22.7 Å². The summed E-state index contributed by atoms with van der Waals surface area (Å²) >= 11 is 4.06. The van der Waals surface area contributed by atoms with E-state index in [1.807, 2.05) is 22.7 Å². The van der Waals surface area contributed by atoms with Crippen LogP contribution >= 0.6 is 22.7 Å². The van der Waals surface area contributed by atoms with Crippen molar-refractivity contribution in [2.24, 2.45) is 0 Å². The van der Waals surface area contributed by atoms with Crippen LogP contribution in [-0.4, -0.2) is 0 Å². The lowest BCUT2D eigenvalue weighted by molar-refractivity contribution is 0.887. The van der Waals surface area contributed by atoms with Gasteiger partial charge in [0.2, 0.25) is 0 Å². The summed E-state index contributed by atoms with van der Waals surface area (Å²) in [5, 5.41) is 0. The molecule has 1 aliphatic rings. The Bertz CT molecular complexity index is 479. The predicted octanol–water partition coefficient (Wildman–Crippen LogP) is 5.55. The molecule has 2 aromatic heterocycles. The Labute approximate surface area is 118 Å². The Balaban J connectivity index is 1.95. The van der Waals surface area contributed by atoms with Crippen LogP contribution in [0.4, 0.5) is 0 Å². The van der Waals surface area contributed by atoms with Crippen molar-refractivity contribution in [1.82, 2.24) is 0 Å². The van der Waals surface area contributed by atoms with E-state index in [9.17, 15) is 0 Å². The van der Waals surface area contributed by atoms with Crippen LogP contribution in [-0.2, 0) is 12.8 Å². The molecule has 0 spiro atoms. The average Bonchev–Trinajstić information content (AvgIpc) is 2.87. The molecule has 0 amide bonds. The van der Waals surface area contributed by atoms with Crippen LogP contribution in [0.15, 0.2) is 12.1 Å². The van der Waals surface area contributed by atoms with Crippen molar-refractivity contribution in [2.45, 2.75) is 52.4 Å². The SMILES string of the molecule is CC(C)c1cc2c(s1)Cc1cc(C(C)C)sc1C2. The molecule has 2 heterocycles. The summed E-state index contributed by atoms with van der Waals surface area (Å²) in [5.41, 5.74) is 3.18. The summed E-state index contributed by atoms with van der Waals surface area (Å²) in [5.74, 6) is 1.34. The molecule has 2 heteroatoms. The van der Waals surface area contributed by atoms with Crippen LogP contribution in [0.25, 0.3) is 0 Å². The van der Waals surface area contributed by atoms with Gasteiger partial charge in [0, 0.05) is 32.4 Å². The van der Waals surface area contributed by atoms with E-state index in [4.69, 9.17) is 0 Å². The van der Waals surface area contributed by atoms with Crippen molar-refractivity contribution < 1.29 is 0 Å². The predicted molar refractivity (Wildman–Crippen MR) is 82.4 cm³/mol. The summed E-state index contributed by atoms with van der Waals surface area (Å²) in [6, 6.07) is 4.89. The third-order valence-corrected chi connectivity index (χ3v) is 6.63. The molecule has 2 aromatic rings. The minimum Gasteiger partial charge on any atom is -0.144 e. The maximum atomic E-state index is 2.45. The molecule has 0 nitrogen and oxygen atoms in total. The van der Waals surface area contributed by atoms with Crippen LogP contribution in [0, 0.1) is 0 Å². The number of hydrogen-bond donors (Lipinski definition) is 0. The summed E-state index contributed by atoms with van der Waals surface area (Å²) < 4.78 is 0. The number of rotatable bonds is 2. The van der Waals surface area contributed by atoms with E-state index in [-0.39, 0.29) is 0 Å². The molecule has 18 heavy (non-hydrogen) atoms. The summed E-state index contributed by atoms with van der Waals surface area (Å²) in [6.45, 7) is 9.18. The Morgan fingerprint density at radius 1 is 0.778 bits per heavy atom. The zero-order valence-electron chi connectivity index (χ0n) is 11.5. The van der Waals surface area contributed by atoms with Gasteiger partial charge in [-0.25, -0.2) is 0 Å². The van der Waals surface area contributed by atoms with Crippen molar-refractivity contribution in [1.29, 1.82) is 0 Å². The van der Waals surface area contributed by atoms with Gasteiger partial charge in [0.15, 0.2) is 0 Å². The van der Waals surface area contributed by atoms with Crippen molar-refractivity contribution in [2.75, 3.05) is 0 Å². The molecule has 3 rings (SSSR count). The maximum Gasteiger partial charge on any atom is 0.0128 e. The smallest absolute Gasteiger partial charge is 0.0128 e. The third-order valence-electron chi connectivity index (χ3n) is 3.67. The van der Waals surface area contributed by atoms with Crippen LogP contribution < -0.4 is 0 Å². The van der Waals surface area contributed by atoms with Gasteiger partial charge in [-0.05, 0) is 35.1 Å². The van der Waals surface area contributed by atoms with Gasteiger partial charge in [0.05, 0.1) is 0 Å². The molecule has 0 bridgehead atoms. The van der Waals surface area contributed by atoms with E-state index in [2.05, 4.69) is 39.8 Å². The summed E-state index contributed by atoms with van der Waals surface area (Å²) in [6.07, 6.45) is 2.34. The van der Waals surface area contributed by atoms with Gasteiger partial charge in [0.1, 0.15) is 0 Å². The Kier molecular flexibility index (Phi) is 3.11. The number of fused-ring (bicyclic) bond motifs is 2. The van der Waals surface area contributed by atoms with Gasteiger partial charge < -0.3 is 0 Å². The third kappa shape index (κ3) is 2.06. The van der Waals surface area contributed by atoms with Crippen LogP contribution in [0.3, 0.4) is 0 Å². The van der Waals surface area contributed by atoms with Gasteiger partial charge in [-0.1, -0.05) is 27.7 Å². The van der Waals surface area contributed by atoms with E-state index in [1.54, 1.807) is 30.6 Å². The lowest BCUT2D eigenvalue weighted by Gasteiger charge is -2.10. The zero-order chi connectivity index (χ0) is 12.9. The molecule has 0 saturated heterocycles. The quantitative estimate of drug-likeness (QED) is 0.575. The second kappa shape index (κ2) is 4.50. The minimum atomic E-state index is 0.671. The normalized spacial score (nSPS) is 14.1. The molecular formula is C16H20S2. The summed E-state index contributed by atoms with van der Waals surface area (Å²) in [4.78, 5) is 6.33. The Hall–Kier alpha value is -0.600. The maximum absolute atomic E-state index is 2.45. The fourth-order valence-electron chi connectivity index (χ4n) is 2.49. The number of thiophene rings is 2. The minimum absolute atomic E-state index is 0.671. The lowest BCUT2D eigenvalue weighted by atomic mass is 9.97. The van der Waals surface area contributed by atoms with Crippen LogP contribution in [0.2, 0.25) is 0 Å². The lowest BCUT2D eigenvalue weighted by Crippen LogP contribution is -1.99. The first-order chi connectivity index (χ1) is 8.54. The first-order valence-electron chi connectivity index (χ1n) is 6.77. The molecule has 0 atom stereocenters. The van der Waals surface area contributed by atoms with Gasteiger partial charge >= 0.3 is 0 Å². The van der Waals surface area contributed by atoms with Gasteiger partial charge in [0.25, 0.3) is 0 Å². The topological polar surface area (TPSA) is 0 Å². The van der Waals surface area contributed by atoms with Gasteiger partial charge in [-0.2, -0.15) is 0 Å². The second-order valence-corrected chi connectivity index (χ2v) is 8.19. The molecule has 0 fully saturated rings. The van der Waals surface area contributed by atoms with E-state index < -0.39 is 0 Å². The number of hydrogen-bond acceptors (Lipinski definition) is 2. The van der Waals surface area contributed by atoms with Crippen molar-refractivity contribution >= 4 is 22.7 Å². The van der Waals surface area contributed by atoms with Crippen molar-refractivity contribution in [3.05, 3.63) is 42.8 Å². The highest BCUT2D eigenvalue weighted by atomic mass is 32.1. The van der Waals surface area contributed by atoms with E-state index in [0.29, 0.717) is 11.8 Å². The zero-order valence-corrected chi connectivity index (χ0v) is 13.2. The summed E-state index contributed by atoms with van der Waals surface area (Å²) in [7, 11) is 0. The molecule has 0 aliphatic heterocycles. The average molecular weight is 276 g/mol. The molecule has 0 aromatic carbocycles. The van der Waals surface area contributed by atoms with E-state index in [0.717, 1.165) is 0 Å². The molecule has 0 unspecified atom stereocenters. The highest BCUT2D eigenvalue weighted by Crippen LogP contribution is 2.40. The van der Waals surface area contributed by atoms with Crippen LogP contribution in [0.5, 0.6) is 0 Å². The highest BCUT2D eigenvalue weighted by molar-refractivity contribution is 7.13. The Morgan fingerprint density at radius 2 is 1.17 bits per heavy atom. The molecule has 96 valence electrons. The standard InChI is InChI=1S/C16H20S2/c1-9(2)13-5-11-7-16-12(8-15(11)17-13)6-14(18-16)10(3)4/h5-6,9-10H,7-8H2,1-4H3. The van der Waals surface area contributed by atoms with Crippen molar-refractivity contribution in [3.63, 3.8) is 0 Å². The van der Waals surface area contributed by atoms with Crippen LogP contribution in [0.1, 0.15) is 70.2 Å². The molecule has 1 aliphatic carbocycles. The van der Waals surface area contributed by atoms with Gasteiger partial charge in [-0.3, -0.25) is 0 Å². The first kappa shape index (κ1) is 12.4. The second-order valence-electron chi connectivity index (χ2n) is 5.86. The first-order valence-corrected chi connectivity index (χ1v) is 8.41. The molecular weight excluding hydrogens is 256 g/mol. The fraction of sp³-hybridized carbons (Fsp3) is 0.500. The fourth-order valence-corrected chi connectivity index (χ4v) is 4.91. The molecule has 0 radical (unpaired) electrons. The molecule has 0 saturated carbocycles. The monoisotopic (exact) mass is 276 g/mol. The Morgan fingerprint density at radius 3 is 1.50 bits per heavy atom. The van der Waals surface area contributed by atoms with E-state index in [1.165, 1.54) is 12.8 Å².